The fraction of sp³-hybridized carbons (Fsp3) is 0.333. The van der Waals surface area contributed by atoms with Crippen LogP contribution in [0.4, 0.5) is 10.2 Å². The van der Waals surface area contributed by atoms with E-state index in [-0.39, 0.29) is 5.82 Å². The van der Waals surface area contributed by atoms with Crippen LogP contribution >= 0.6 is 0 Å². The van der Waals surface area contributed by atoms with Crippen LogP contribution in [0.2, 0.25) is 0 Å². The molecule has 1 fully saturated rings. The Morgan fingerprint density at radius 2 is 1.69 bits per heavy atom. The van der Waals surface area contributed by atoms with Gasteiger partial charge in [0.15, 0.2) is 0 Å². The Bertz CT molecular complexity index is 1170. The van der Waals surface area contributed by atoms with Gasteiger partial charge in [0.05, 0.1) is 10.6 Å². The van der Waals surface area contributed by atoms with E-state index in [4.69, 9.17) is 0 Å². The molecule has 1 aromatic heterocycles. The minimum absolute atomic E-state index is 0.321. The highest BCUT2D eigenvalue weighted by Gasteiger charge is 2.29. The quantitative estimate of drug-likeness (QED) is 0.563. The van der Waals surface area contributed by atoms with Crippen LogP contribution < -0.4 is 4.90 Å². The first-order valence-corrected chi connectivity index (χ1v) is 12.2. The maximum absolute atomic E-state index is 13.6. The van der Waals surface area contributed by atoms with Crippen molar-refractivity contribution in [1.29, 1.82) is 0 Å². The Hall–Kier alpha value is -2.84. The van der Waals surface area contributed by atoms with Crippen molar-refractivity contribution in [3.63, 3.8) is 0 Å². The molecular weight excluding hydrogens is 427 g/mol. The summed E-state index contributed by atoms with van der Waals surface area (Å²) in [6.45, 7) is 6.06. The maximum atomic E-state index is 13.6. The van der Waals surface area contributed by atoms with Gasteiger partial charge in [-0.25, -0.2) is 22.8 Å². The summed E-state index contributed by atoms with van der Waals surface area (Å²) < 4.78 is 41.3. The minimum Gasteiger partial charge on any atom is -0.354 e. The molecule has 0 atom stereocenters. The van der Waals surface area contributed by atoms with Crippen molar-refractivity contribution in [3.05, 3.63) is 72.3 Å². The highest BCUT2D eigenvalue weighted by atomic mass is 32.2. The van der Waals surface area contributed by atoms with E-state index in [1.807, 2.05) is 23.1 Å². The molecule has 0 unspecified atom stereocenters. The number of benzene rings is 2. The Morgan fingerprint density at radius 1 is 0.969 bits per heavy atom. The summed E-state index contributed by atoms with van der Waals surface area (Å²) in [4.78, 5) is 11.0. The number of halogens is 1. The van der Waals surface area contributed by atoms with E-state index in [0.29, 0.717) is 54.1 Å². The Labute approximate surface area is 188 Å². The number of rotatable bonds is 6. The summed E-state index contributed by atoms with van der Waals surface area (Å²) >= 11 is 0. The van der Waals surface area contributed by atoms with Gasteiger partial charge in [-0.15, -0.1) is 0 Å². The van der Waals surface area contributed by atoms with Gasteiger partial charge in [0, 0.05) is 37.8 Å². The number of hydrogen-bond acceptors (Lipinski definition) is 5. The maximum Gasteiger partial charge on any atom is 0.243 e. The van der Waals surface area contributed by atoms with Gasteiger partial charge in [-0.1, -0.05) is 38.1 Å². The van der Waals surface area contributed by atoms with Gasteiger partial charge < -0.3 is 4.90 Å². The van der Waals surface area contributed by atoms with Crippen LogP contribution in [0.1, 0.15) is 19.4 Å². The average molecular weight is 455 g/mol. The third-order valence-corrected chi connectivity index (χ3v) is 7.45. The third-order valence-electron chi connectivity index (χ3n) is 5.54. The smallest absolute Gasteiger partial charge is 0.243 e. The van der Waals surface area contributed by atoms with Crippen molar-refractivity contribution in [2.45, 2.75) is 25.2 Å². The zero-order chi connectivity index (χ0) is 22.7. The van der Waals surface area contributed by atoms with Crippen LogP contribution in [-0.4, -0.2) is 48.9 Å². The van der Waals surface area contributed by atoms with Gasteiger partial charge in [-0.3, -0.25) is 0 Å². The molecule has 0 aliphatic carbocycles. The Morgan fingerprint density at radius 3 is 2.34 bits per heavy atom. The molecule has 0 N–H and O–H groups in total. The second kappa shape index (κ2) is 9.34. The van der Waals surface area contributed by atoms with Crippen molar-refractivity contribution in [2.24, 2.45) is 5.92 Å². The molecule has 3 aromatic rings. The molecule has 0 spiro atoms. The first kappa shape index (κ1) is 22.4. The molecule has 0 bridgehead atoms. The SMILES string of the molecule is CC(C)Cc1ccc(S(=O)(=O)N2CCN(c3cc(-c4cccc(F)c4)ncn3)CC2)cc1. The largest absolute Gasteiger partial charge is 0.354 e. The molecule has 8 heteroatoms. The van der Waals surface area contributed by atoms with Crippen LogP contribution in [0, 0.1) is 11.7 Å². The number of hydrogen-bond donors (Lipinski definition) is 0. The standard InChI is InChI=1S/C24H27FN4O2S/c1-18(2)14-19-6-8-22(9-7-19)32(30,31)29-12-10-28(11-13-29)24-16-23(26-17-27-24)20-4-3-5-21(25)15-20/h3-9,15-18H,10-14H2,1-2H3. The lowest BCUT2D eigenvalue weighted by Gasteiger charge is -2.34. The monoisotopic (exact) mass is 454 g/mol. The third kappa shape index (κ3) is 4.97. The molecule has 168 valence electrons. The zero-order valence-corrected chi connectivity index (χ0v) is 19.1. The first-order chi connectivity index (χ1) is 15.3. The molecule has 0 amide bonds. The van der Waals surface area contributed by atoms with E-state index in [9.17, 15) is 12.8 Å². The lowest BCUT2D eigenvalue weighted by Crippen LogP contribution is -2.48. The van der Waals surface area contributed by atoms with Gasteiger partial charge in [0.2, 0.25) is 10.0 Å². The molecule has 2 aromatic carbocycles. The molecular formula is C24H27FN4O2S. The Balaban J connectivity index is 1.44. The topological polar surface area (TPSA) is 66.4 Å². The summed E-state index contributed by atoms with van der Waals surface area (Å²) in [5, 5.41) is 0. The molecule has 1 aliphatic heterocycles. The predicted molar refractivity (Wildman–Crippen MR) is 123 cm³/mol. The molecule has 2 heterocycles. The number of nitrogens with zero attached hydrogens (tertiary/aromatic N) is 4. The lowest BCUT2D eigenvalue weighted by atomic mass is 10.0. The zero-order valence-electron chi connectivity index (χ0n) is 18.3. The average Bonchev–Trinajstić information content (AvgIpc) is 2.79. The first-order valence-electron chi connectivity index (χ1n) is 10.7. The Kier molecular flexibility index (Phi) is 6.53. The van der Waals surface area contributed by atoms with Gasteiger partial charge in [0.25, 0.3) is 0 Å². The molecule has 32 heavy (non-hydrogen) atoms. The molecule has 0 saturated carbocycles. The molecule has 6 nitrogen and oxygen atoms in total. The van der Waals surface area contributed by atoms with Crippen LogP contribution in [0.15, 0.2) is 65.8 Å². The fourth-order valence-corrected chi connectivity index (χ4v) is 5.32. The normalized spacial score (nSPS) is 15.3. The van der Waals surface area contributed by atoms with Gasteiger partial charge in [-0.05, 0) is 42.2 Å². The van der Waals surface area contributed by atoms with E-state index in [1.54, 1.807) is 24.3 Å². The summed E-state index contributed by atoms with van der Waals surface area (Å²) in [6, 6.07) is 15.3. The van der Waals surface area contributed by atoms with Gasteiger partial charge in [-0.2, -0.15) is 4.31 Å². The van der Waals surface area contributed by atoms with E-state index in [1.165, 1.54) is 22.8 Å². The van der Waals surface area contributed by atoms with E-state index < -0.39 is 10.0 Å². The number of piperazine rings is 1. The van der Waals surface area contributed by atoms with Crippen molar-refractivity contribution < 1.29 is 12.8 Å². The summed E-state index contributed by atoms with van der Waals surface area (Å²) in [5.74, 6) is 0.904. The van der Waals surface area contributed by atoms with Crippen LogP contribution in [0.3, 0.4) is 0 Å². The number of anilines is 1. The number of sulfonamides is 1. The number of aromatic nitrogens is 2. The van der Waals surface area contributed by atoms with Gasteiger partial charge in [0.1, 0.15) is 18.0 Å². The van der Waals surface area contributed by atoms with Crippen molar-refractivity contribution in [3.8, 4) is 11.3 Å². The molecule has 1 aliphatic rings. The molecule has 4 rings (SSSR count). The van der Waals surface area contributed by atoms with Crippen molar-refractivity contribution in [2.75, 3.05) is 31.1 Å². The predicted octanol–water partition coefficient (Wildman–Crippen LogP) is 3.99. The van der Waals surface area contributed by atoms with Crippen LogP contribution in [-0.2, 0) is 16.4 Å². The summed E-state index contributed by atoms with van der Waals surface area (Å²) in [6.07, 6.45) is 2.38. The second-order valence-corrected chi connectivity index (χ2v) is 10.3. The molecule has 0 radical (unpaired) electrons. The van der Waals surface area contributed by atoms with E-state index >= 15 is 0 Å². The van der Waals surface area contributed by atoms with Crippen LogP contribution in [0.25, 0.3) is 11.3 Å². The van der Waals surface area contributed by atoms with Gasteiger partial charge >= 0.3 is 0 Å². The van der Waals surface area contributed by atoms with Crippen molar-refractivity contribution in [1.82, 2.24) is 14.3 Å². The van der Waals surface area contributed by atoms with E-state index in [2.05, 4.69) is 23.8 Å². The van der Waals surface area contributed by atoms with E-state index in [0.717, 1.165) is 12.0 Å². The summed E-state index contributed by atoms with van der Waals surface area (Å²) in [5.41, 5.74) is 2.45. The lowest BCUT2D eigenvalue weighted by molar-refractivity contribution is 0.384. The highest BCUT2D eigenvalue weighted by Crippen LogP contribution is 2.24. The highest BCUT2D eigenvalue weighted by molar-refractivity contribution is 7.89. The van der Waals surface area contributed by atoms with Crippen LogP contribution in [0.5, 0.6) is 0 Å². The van der Waals surface area contributed by atoms with Crippen molar-refractivity contribution >= 4 is 15.8 Å². The molecule has 1 saturated heterocycles. The second-order valence-electron chi connectivity index (χ2n) is 8.40. The summed E-state index contributed by atoms with van der Waals surface area (Å²) in [7, 11) is -3.54. The minimum atomic E-state index is -3.54. The fourth-order valence-electron chi connectivity index (χ4n) is 3.90.